The fourth-order valence-electron chi connectivity index (χ4n) is 4.04. The molecule has 1 saturated heterocycles. The van der Waals surface area contributed by atoms with Gasteiger partial charge in [-0.05, 0) is 61.8 Å². The molecule has 0 unspecified atom stereocenters. The van der Waals surface area contributed by atoms with E-state index in [1.807, 2.05) is 30.3 Å². The molecule has 3 rings (SSSR count). The molecule has 0 amide bonds. The van der Waals surface area contributed by atoms with E-state index in [-0.39, 0.29) is 5.82 Å². The summed E-state index contributed by atoms with van der Waals surface area (Å²) < 4.78 is 18.7. The highest BCUT2D eigenvalue weighted by atomic mass is 32.2. The third kappa shape index (κ3) is 13.4. The molecule has 2 aromatic carbocycles. The van der Waals surface area contributed by atoms with Crippen LogP contribution in [0.2, 0.25) is 0 Å². The number of amidine groups is 1. The molecule has 212 valence electrons. The maximum atomic E-state index is 12.9. The van der Waals surface area contributed by atoms with E-state index in [2.05, 4.69) is 35.2 Å². The van der Waals surface area contributed by atoms with Crippen molar-refractivity contribution in [2.75, 3.05) is 46.2 Å². The lowest BCUT2D eigenvalue weighted by Crippen LogP contribution is -2.45. The van der Waals surface area contributed by atoms with Crippen molar-refractivity contribution in [3.05, 3.63) is 78.1 Å². The lowest BCUT2D eigenvalue weighted by atomic mass is 10.0. The molecule has 1 aliphatic rings. The van der Waals surface area contributed by atoms with E-state index in [1.165, 1.54) is 12.1 Å². The topological polar surface area (TPSA) is 103 Å². The molecular weight excluding hydrogens is 521 g/mol. The molecule has 1 fully saturated rings. The van der Waals surface area contributed by atoms with Crippen LogP contribution >= 0.6 is 11.8 Å². The quantitative estimate of drug-likeness (QED) is 0.173. The number of likely N-dealkylation sites (tertiary alicyclic amines) is 1. The first-order valence-corrected chi connectivity index (χ1v) is 14.1. The lowest BCUT2D eigenvalue weighted by Gasteiger charge is -2.37. The smallest absolute Gasteiger partial charge is 0.328 e. The van der Waals surface area contributed by atoms with Crippen molar-refractivity contribution in [1.29, 1.82) is 0 Å². The van der Waals surface area contributed by atoms with Crippen molar-refractivity contribution in [2.24, 2.45) is 4.99 Å². The van der Waals surface area contributed by atoms with Crippen molar-refractivity contribution >= 4 is 34.6 Å². The number of aliphatic carboxylic acids is 2. The van der Waals surface area contributed by atoms with Crippen LogP contribution < -0.4 is 0 Å². The summed E-state index contributed by atoms with van der Waals surface area (Å²) in [5, 5.41) is 16.7. The number of hydrogen-bond acceptors (Lipinski definition) is 6. The standard InChI is InChI=1S/C25H34FN3OS.C4H4O4/c1-28(25(31-2)27-23-7-4-3-5-8-23)24-13-17-29(18-14-24)16-6-19-30-20-15-21-9-11-22(26)12-10-21;5-3(6)1-2-4(7)8/h3-5,7-12,24H,6,13-20H2,1-2H3;1-2H,(H,5,6)(H,7,8). The van der Waals surface area contributed by atoms with E-state index in [4.69, 9.17) is 19.9 Å². The van der Waals surface area contributed by atoms with E-state index in [0.717, 1.165) is 68.3 Å². The normalized spacial score (nSPS) is 14.6. The molecule has 39 heavy (non-hydrogen) atoms. The number of nitrogens with zero attached hydrogens (tertiary/aromatic N) is 3. The van der Waals surface area contributed by atoms with Crippen LogP contribution in [0.1, 0.15) is 24.8 Å². The summed E-state index contributed by atoms with van der Waals surface area (Å²) in [7, 11) is 2.17. The van der Waals surface area contributed by atoms with Gasteiger partial charge in [-0.15, -0.1) is 0 Å². The van der Waals surface area contributed by atoms with Gasteiger partial charge in [-0.1, -0.05) is 42.1 Å². The number of thioether (sulfide) groups is 1. The van der Waals surface area contributed by atoms with Gasteiger partial charge in [0.05, 0.1) is 12.3 Å². The Morgan fingerprint density at radius 1 is 1.05 bits per heavy atom. The summed E-state index contributed by atoms with van der Waals surface area (Å²) >= 11 is 1.72. The third-order valence-corrected chi connectivity index (χ3v) is 6.89. The van der Waals surface area contributed by atoms with Gasteiger partial charge in [0.1, 0.15) is 5.82 Å². The maximum absolute atomic E-state index is 12.9. The second-order valence-electron chi connectivity index (χ2n) is 8.97. The zero-order chi connectivity index (χ0) is 28.5. The Morgan fingerprint density at radius 3 is 2.23 bits per heavy atom. The van der Waals surface area contributed by atoms with E-state index in [1.54, 1.807) is 11.8 Å². The van der Waals surface area contributed by atoms with Crippen molar-refractivity contribution in [3.8, 4) is 0 Å². The number of carboxylic acids is 2. The van der Waals surface area contributed by atoms with Gasteiger partial charge in [0.2, 0.25) is 0 Å². The highest BCUT2D eigenvalue weighted by Gasteiger charge is 2.24. The van der Waals surface area contributed by atoms with Crippen molar-refractivity contribution in [2.45, 2.75) is 31.7 Å². The van der Waals surface area contributed by atoms with Crippen LogP contribution in [0, 0.1) is 5.82 Å². The number of halogens is 1. The Kier molecular flexibility index (Phi) is 14.9. The fourth-order valence-corrected chi connectivity index (χ4v) is 4.68. The summed E-state index contributed by atoms with van der Waals surface area (Å²) in [6.45, 7) is 4.80. The second-order valence-corrected chi connectivity index (χ2v) is 9.74. The number of rotatable bonds is 11. The van der Waals surface area contributed by atoms with Crippen LogP contribution in [0.3, 0.4) is 0 Å². The number of ether oxygens (including phenoxy) is 1. The highest BCUT2D eigenvalue weighted by molar-refractivity contribution is 8.13. The first kappa shape index (κ1) is 32.0. The number of carboxylic acid groups (broad SMARTS) is 2. The Morgan fingerprint density at radius 2 is 1.67 bits per heavy atom. The van der Waals surface area contributed by atoms with Crippen LogP contribution in [0.15, 0.2) is 71.7 Å². The van der Waals surface area contributed by atoms with Crippen molar-refractivity contribution in [1.82, 2.24) is 9.80 Å². The van der Waals surface area contributed by atoms with Gasteiger partial charge in [-0.3, -0.25) is 0 Å². The molecule has 0 bridgehead atoms. The van der Waals surface area contributed by atoms with E-state index < -0.39 is 11.9 Å². The third-order valence-electron chi connectivity index (χ3n) is 6.15. The van der Waals surface area contributed by atoms with Gasteiger partial charge in [0, 0.05) is 51.5 Å². The number of benzene rings is 2. The minimum atomic E-state index is -1.26. The Labute approximate surface area is 234 Å². The molecule has 0 radical (unpaired) electrons. The van der Waals surface area contributed by atoms with Crippen molar-refractivity contribution < 1.29 is 28.9 Å². The first-order valence-electron chi connectivity index (χ1n) is 12.9. The van der Waals surface area contributed by atoms with E-state index >= 15 is 0 Å². The van der Waals surface area contributed by atoms with E-state index in [9.17, 15) is 14.0 Å². The van der Waals surface area contributed by atoms with Crippen LogP contribution in [-0.4, -0.2) is 89.3 Å². The van der Waals surface area contributed by atoms with Gasteiger partial charge < -0.3 is 24.7 Å². The van der Waals surface area contributed by atoms with Gasteiger partial charge in [-0.2, -0.15) is 0 Å². The predicted molar refractivity (Wildman–Crippen MR) is 154 cm³/mol. The molecule has 0 atom stereocenters. The summed E-state index contributed by atoms with van der Waals surface area (Å²) in [6, 6.07) is 17.4. The molecule has 1 aliphatic heterocycles. The first-order chi connectivity index (χ1) is 18.8. The average molecular weight is 560 g/mol. The molecule has 0 saturated carbocycles. The minimum absolute atomic E-state index is 0.187. The summed E-state index contributed by atoms with van der Waals surface area (Å²) in [5.41, 5.74) is 2.13. The molecule has 0 aliphatic carbocycles. The maximum Gasteiger partial charge on any atom is 0.328 e. The van der Waals surface area contributed by atoms with Crippen molar-refractivity contribution in [3.63, 3.8) is 0 Å². The molecule has 0 aromatic heterocycles. The van der Waals surface area contributed by atoms with Gasteiger partial charge >= 0.3 is 11.9 Å². The zero-order valence-electron chi connectivity index (χ0n) is 22.5. The number of aliphatic imine (C=N–C) groups is 1. The van der Waals surface area contributed by atoms with E-state index in [0.29, 0.717) is 24.8 Å². The zero-order valence-corrected chi connectivity index (χ0v) is 23.4. The number of carbonyl (C=O) groups is 2. The molecular formula is C29H38FN3O5S. The van der Waals surface area contributed by atoms with Crippen LogP contribution in [0.25, 0.3) is 0 Å². The summed E-state index contributed by atoms with van der Waals surface area (Å²) in [5.74, 6) is -2.70. The SMILES string of the molecule is CSC(=Nc1ccccc1)N(C)C1CCN(CCCOCCc2ccc(F)cc2)CC1.O=C(O)C=CC(=O)O. The molecule has 8 nitrogen and oxygen atoms in total. The molecule has 10 heteroatoms. The Hall–Kier alpha value is -3.21. The van der Waals surface area contributed by atoms with Crippen LogP contribution in [0.4, 0.5) is 10.1 Å². The van der Waals surface area contributed by atoms with Gasteiger partial charge in [0.15, 0.2) is 5.17 Å². The molecule has 2 N–H and O–H groups in total. The molecule has 1 heterocycles. The fraction of sp³-hybridized carbons (Fsp3) is 0.414. The number of hydrogen-bond donors (Lipinski definition) is 2. The highest BCUT2D eigenvalue weighted by Crippen LogP contribution is 2.21. The number of para-hydroxylation sites is 1. The Bertz CT molecular complexity index is 1040. The largest absolute Gasteiger partial charge is 0.478 e. The molecule has 2 aromatic rings. The Balaban J connectivity index is 0.000000580. The predicted octanol–water partition coefficient (Wildman–Crippen LogP) is 4.93. The minimum Gasteiger partial charge on any atom is -0.478 e. The van der Waals surface area contributed by atoms with Gasteiger partial charge in [0.25, 0.3) is 0 Å². The number of piperidine rings is 1. The monoisotopic (exact) mass is 559 g/mol. The molecule has 0 spiro atoms. The lowest BCUT2D eigenvalue weighted by molar-refractivity contribution is -0.134. The van der Waals surface area contributed by atoms with Crippen LogP contribution in [-0.2, 0) is 20.7 Å². The second kappa shape index (κ2) is 18.1. The summed E-state index contributed by atoms with van der Waals surface area (Å²) in [6.07, 6.45) is 7.43. The van der Waals surface area contributed by atoms with Crippen LogP contribution in [0.5, 0.6) is 0 Å². The van der Waals surface area contributed by atoms with Gasteiger partial charge in [-0.25, -0.2) is 19.0 Å². The average Bonchev–Trinajstić information content (AvgIpc) is 2.94. The summed E-state index contributed by atoms with van der Waals surface area (Å²) in [4.78, 5) is 28.8.